The summed E-state index contributed by atoms with van der Waals surface area (Å²) in [4.78, 5) is 3.81. The Hall–Kier alpha value is -1.71. The SMILES string of the molecule is Cc1c(F)cncc1-c1ccn(C)n1. The molecule has 0 atom stereocenters. The lowest BCUT2D eigenvalue weighted by Gasteiger charge is -2.01. The van der Waals surface area contributed by atoms with Crippen molar-refractivity contribution >= 4 is 0 Å². The van der Waals surface area contributed by atoms with Crippen LogP contribution in [0.15, 0.2) is 24.7 Å². The normalized spacial score (nSPS) is 10.5. The Bertz CT molecular complexity index is 462. The minimum atomic E-state index is -0.298. The fourth-order valence-electron chi connectivity index (χ4n) is 1.32. The van der Waals surface area contributed by atoms with E-state index in [0.29, 0.717) is 5.56 Å². The van der Waals surface area contributed by atoms with Crippen molar-refractivity contribution in [3.63, 3.8) is 0 Å². The van der Waals surface area contributed by atoms with Gasteiger partial charge in [-0.1, -0.05) is 0 Å². The van der Waals surface area contributed by atoms with Crippen LogP contribution in [-0.4, -0.2) is 14.8 Å². The van der Waals surface area contributed by atoms with Crippen LogP contribution in [0.5, 0.6) is 0 Å². The van der Waals surface area contributed by atoms with E-state index in [-0.39, 0.29) is 5.82 Å². The third-order valence-electron chi connectivity index (χ3n) is 2.14. The maximum Gasteiger partial charge on any atom is 0.145 e. The first-order chi connectivity index (χ1) is 6.68. The number of rotatable bonds is 1. The predicted octanol–water partition coefficient (Wildman–Crippen LogP) is 1.93. The largest absolute Gasteiger partial charge is 0.275 e. The third kappa shape index (κ3) is 1.39. The molecule has 72 valence electrons. The number of hydrogen-bond acceptors (Lipinski definition) is 2. The number of halogens is 1. The summed E-state index contributed by atoms with van der Waals surface area (Å²) in [5.74, 6) is -0.298. The molecule has 2 aromatic rings. The number of hydrogen-bond donors (Lipinski definition) is 0. The van der Waals surface area contributed by atoms with Gasteiger partial charge in [0.2, 0.25) is 0 Å². The Morgan fingerprint density at radius 3 is 2.79 bits per heavy atom. The van der Waals surface area contributed by atoms with Crippen LogP contribution in [0.3, 0.4) is 0 Å². The van der Waals surface area contributed by atoms with E-state index in [1.54, 1.807) is 17.8 Å². The van der Waals surface area contributed by atoms with Crippen molar-refractivity contribution in [1.82, 2.24) is 14.8 Å². The highest BCUT2D eigenvalue weighted by Gasteiger charge is 2.08. The second-order valence-electron chi connectivity index (χ2n) is 3.17. The third-order valence-corrected chi connectivity index (χ3v) is 2.14. The van der Waals surface area contributed by atoms with Gasteiger partial charge in [-0.25, -0.2) is 4.39 Å². The Balaban J connectivity index is 2.57. The summed E-state index contributed by atoms with van der Waals surface area (Å²) in [6, 6.07) is 1.84. The van der Waals surface area contributed by atoms with E-state index >= 15 is 0 Å². The van der Waals surface area contributed by atoms with Crippen molar-refractivity contribution in [2.24, 2.45) is 7.05 Å². The summed E-state index contributed by atoms with van der Waals surface area (Å²) in [5, 5.41) is 4.19. The van der Waals surface area contributed by atoms with E-state index in [2.05, 4.69) is 10.1 Å². The average molecular weight is 191 g/mol. The van der Waals surface area contributed by atoms with Crippen LogP contribution < -0.4 is 0 Å². The Morgan fingerprint density at radius 2 is 2.14 bits per heavy atom. The van der Waals surface area contributed by atoms with Gasteiger partial charge in [0.25, 0.3) is 0 Å². The van der Waals surface area contributed by atoms with Gasteiger partial charge in [-0.2, -0.15) is 5.10 Å². The summed E-state index contributed by atoms with van der Waals surface area (Å²) in [5.41, 5.74) is 2.07. The fraction of sp³-hybridized carbons (Fsp3) is 0.200. The van der Waals surface area contributed by atoms with Gasteiger partial charge < -0.3 is 0 Å². The lowest BCUT2D eigenvalue weighted by molar-refractivity contribution is 0.612. The first kappa shape index (κ1) is 8.87. The molecule has 0 saturated heterocycles. The first-order valence-electron chi connectivity index (χ1n) is 4.28. The molecule has 2 aromatic heterocycles. The van der Waals surface area contributed by atoms with Crippen molar-refractivity contribution in [1.29, 1.82) is 0 Å². The van der Waals surface area contributed by atoms with Crippen molar-refractivity contribution in [3.05, 3.63) is 36.0 Å². The highest BCUT2D eigenvalue weighted by molar-refractivity contribution is 5.61. The molecule has 0 aliphatic heterocycles. The summed E-state index contributed by atoms with van der Waals surface area (Å²) in [6.45, 7) is 1.72. The molecule has 14 heavy (non-hydrogen) atoms. The zero-order chi connectivity index (χ0) is 10.1. The molecule has 0 radical (unpaired) electrons. The van der Waals surface area contributed by atoms with E-state index in [9.17, 15) is 4.39 Å². The topological polar surface area (TPSA) is 30.7 Å². The van der Waals surface area contributed by atoms with Gasteiger partial charge in [0.05, 0.1) is 11.9 Å². The van der Waals surface area contributed by atoms with Crippen LogP contribution in [-0.2, 0) is 7.05 Å². The van der Waals surface area contributed by atoms with Crippen LogP contribution in [0.25, 0.3) is 11.3 Å². The van der Waals surface area contributed by atoms with Crippen LogP contribution in [0.1, 0.15) is 5.56 Å². The molecule has 0 aliphatic rings. The summed E-state index contributed by atoms with van der Waals surface area (Å²) in [7, 11) is 1.82. The van der Waals surface area contributed by atoms with Crippen LogP contribution in [0.4, 0.5) is 4.39 Å². The van der Waals surface area contributed by atoms with Crippen molar-refractivity contribution < 1.29 is 4.39 Å². The molecule has 0 fully saturated rings. The molecule has 0 amide bonds. The first-order valence-corrected chi connectivity index (χ1v) is 4.28. The standard InChI is InChI=1S/C10H10FN3/c1-7-8(5-12-6-9(7)11)10-3-4-14(2)13-10/h3-6H,1-2H3. The molecule has 2 rings (SSSR count). The van der Waals surface area contributed by atoms with E-state index in [4.69, 9.17) is 0 Å². The van der Waals surface area contributed by atoms with Gasteiger partial charge in [-0.3, -0.25) is 9.67 Å². The van der Waals surface area contributed by atoms with Crippen molar-refractivity contribution in [3.8, 4) is 11.3 Å². The Kier molecular flexibility index (Phi) is 2.04. The van der Waals surface area contributed by atoms with Gasteiger partial charge in [0.15, 0.2) is 0 Å². The van der Waals surface area contributed by atoms with Crippen molar-refractivity contribution in [2.45, 2.75) is 6.92 Å². The smallest absolute Gasteiger partial charge is 0.145 e. The molecular weight excluding hydrogens is 181 g/mol. The minimum absolute atomic E-state index is 0.298. The average Bonchev–Trinajstić information content (AvgIpc) is 2.57. The van der Waals surface area contributed by atoms with Gasteiger partial charge in [0, 0.05) is 25.0 Å². The monoisotopic (exact) mass is 191 g/mol. The molecule has 0 bridgehead atoms. The molecule has 0 spiro atoms. The van der Waals surface area contributed by atoms with Crippen LogP contribution >= 0.6 is 0 Å². The van der Waals surface area contributed by atoms with Crippen molar-refractivity contribution in [2.75, 3.05) is 0 Å². The van der Waals surface area contributed by atoms with Gasteiger partial charge in [0.1, 0.15) is 5.82 Å². The van der Waals surface area contributed by atoms with Gasteiger partial charge in [-0.05, 0) is 18.6 Å². The molecule has 0 N–H and O–H groups in total. The van der Waals surface area contributed by atoms with Crippen LogP contribution in [0.2, 0.25) is 0 Å². The molecule has 3 nitrogen and oxygen atoms in total. The molecule has 2 heterocycles. The number of aromatic nitrogens is 3. The van der Waals surface area contributed by atoms with E-state index in [1.807, 2.05) is 19.3 Å². The molecule has 0 saturated carbocycles. The summed E-state index contributed by atoms with van der Waals surface area (Å²) < 4.78 is 14.9. The lowest BCUT2D eigenvalue weighted by Crippen LogP contribution is -1.92. The summed E-state index contributed by atoms with van der Waals surface area (Å²) in [6.07, 6.45) is 4.65. The van der Waals surface area contributed by atoms with Gasteiger partial charge in [-0.15, -0.1) is 0 Å². The van der Waals surface area contributed by atoms with Crippen LogP contribution in [0, 0.1) is 12.7 Å². The van der Waals surface area contributed by atoms with E-state index in [1.165, 1.54) is 6.20 Å². The lowest BCUT2D eigenvalue weighted by atomic mass is 10.1. The highest BCUT2D eigenvalue weighted by Crippen LogP contribution is 2.21. The maximum absolute atomic E-state index is 13.2. The zero-order valence-electron chi connectivity index (χ0n) is 8.03. The number of nitrogens with zero attached hydrogens (tertiary/aromatic N) is 3. The molecular formula is C10H10FN3. The second-order valence-corrected chi connectivity index (χ2v) is 3.17. The molecule has 0 aromatic carbocycles. The Morgan fingerprint density at radius 1 is 1.36 bits per heavy atom. The second kappa shape index (κ2) is 3.21. The highest BCUT2D eigenvalue weighted by atomic mass is 19.1. The summed E-state index contributed by atoms with van der Waals surface area (Å²) >= 11 is 0. The minimum Gasteiger partial charge on any atom is -0.275 e. The van der Waals surface area contributed by atoms with E-state index < -0.39 is 0 Å². The molecule has 0 unspecified atom stereocenters. The predicted molar refractivity (Wildman–Crippen MR) is 51.1 cm³/mol. The maximum atomic E-state index is 13.2. The number of aryl methyl sites for hydroxylation is 1. The Labute approximate surface area is 81.2 Å². The zero-order valence-corrected chi connectivity index (χ0v) is 8.03. The molecule has 0 aliphatic carbocycles. The fourth-order valence-corrected chi connectivity index (χ4v) is 1.32. The quantitative estimate of drug-likeness (QED) is 0.689. The van der Waals surface area contributed by atoms with E-state index in [0.717, 1.165) is 11.3 Å². The molecule has 4 heteroatoms. The number of pyridine rings is 1. The van der Waals surface area contributed by atoms with Gasteiger partial charge >= 0.3 is 0 Å².